The number of urea groups is 1. The maximum atomic E-state index is 11.8. The number of hydrogen-bond acceptors (Lipinski definition) is 3. The van der Waals surface area contributed by atoms with E-state index in [1.807, 2.05) is 0 Å². The fourth-order valence-electron chi connectivity index (χ4n) is 1.65. The molecule has 0 bridgehead atoms. The molecule has 3 N–H and O–H groups in total. The van der Waals surface area contributed by atoms with Crippen LogP contribution in [0, 0.1) is 6.92 Å². The number of hydrogen-bond donors (Lipinski definition) is 3. The summed E-state index contributed by atoms with van der Waals surface area (Å²) in [6.07, 6.45) is 1.55. The van der Waals surface area contributed by atoms with Gasteiger partial charge in [0.1, 0.15) is 5.82 Å². The summed E-state index contributed by atoms with van der Waals surface area (Å²) in [7, 11) is 0. The van der Waals surface area contributed by atoms with Crippen LogP contribution in [0.15, 0.2) is 42.6 Å². The Labute approximate surface area is 115 Å². The lowest BCUT2D eigenvalue weighted by Gasteiger charge is -2.10. The van der Waals surface area contributed by atoms with E-state index in [-0.39, 0.29) is 11.3 Å². The van der Waals surface area contributed by atoms with E-state index < -0.39 is 12.0 Å². The van der Waals surface area contributed by atoms with Crippen molar-refractivity contribution >= 4 is 23.5 Å². The van der Waals surface area contributed by atoms with Crippen molar-refractivity contribution in [2.75, 3.05) is 10.6 Å². The van der Waals surface area contributed by atoms with Gasteiger partial charge in [0.15, 0.2) is 0 Å². The summed E-state index contributed by atoms with van der Waals surface area (Å²) in [5.74, 6) is -0.712. The zero-order valence-corrected chi connectivity index (χ0v) is 10.8. The molecule has 20 heavy (non-hydrogen) atoms. The van der Waals surface area contributed by atoms with Crippen LogP contribution in [0.5, 0.6) is 0 Å². The number of carboxylic acids is 1. The van der Waals surface area contributed by atoms with Crippen LogP contribution in [0.2, 0.25) is 0 Å². The molecule has 0 spiro atoms. The molecule has 6 heteroatoms. The molecule has 0 saturated carbocycles. The van der Waals surface area contributed by atoms with Crippen molar-refractivity contribution in [1.82, 2.24) is 4.98 Å². The van der Waals surface area contributed by atoms with Gasteiger partial charge in [-0.3, -0.25) is 5.32 Å². The van der Waals surface area contributed by atoms with Crippen molar-refractivity contribution in [3.05, 3.63) is 53.7 Å². The van der Waals surface area contributed by atoms with Gasteiger partial charge in [-0.05, 0) is 31.2 Å². The lowest BCUT2D eigenvalue weighted by Crippen LogP contribution is -2.21. The van der Waals surface area contributed by atoms with Crippen LogP contribution in [0.1, 0.15) is 15.9 Å². The third kappa shape index (κ3) is 3.32. The minimum Gasteiger partial charge on any atom is -0.478 e. The Kier molecular flexibility index (Phi) is 3.95. The number of rotatable bonds is 3. The second kappa shape index (κ2) is 5.83. The van der Waals surface area contributed by atoms with Gasteiger partial charge in [-0.1, -0.05) is 17.7 Å². The van der Waals surface area contributed by atoms with E-state index in [1.54, 1.807) is 43.5 Å². The molecular formula is C14H13N3O3. The lowest BCUT2D eigenvalue weighted by atomic mass is 10.1. The molecule has 1 aromatic carbocycles. The summed E-state index contributed by atoms with van der Waals surface area (Å²) >= 11 is 0. The van der Waals surface area contributed by atoms with Crippen LogP contribution < -0.4 is 10.6 Å². The fourth-order valence-corrected chi connectivity index (χ4v) is 1.65. The van der Waals surface area contributed by atoms with Crippen LogP contribution in [0.4, 0.5) is 16.3 Å². The predicted molar refractivity (Wildman–Crippen MR) is 75.0 cm³/mol. The molecule has 0 aliphatic heterocycles. The van der Waals surface area contributed by atoms with E-state index in [0.717, 1.165) is 5.56 Å². The molecule has 102 valence electrons. The quantitative estimate of drug-likeness (QED) is 0.800. The van der Waals surface area contributed by atoms with Gasteiger partial charge >= 0.3 is 12.0 Å². The molecule has 0 aliphatic rings. The smallest absolute Gasteiger partial charge is 0.337 e. The number of aryl methyl sites for hydroxylation is 1. The molecule has 1 aromatic heterocycles. The van der Waals surface area contributed by atoms with Gasteiger partial charge in [0.2, 0.25) is 0 Å². The van der Waals surface area contributed by atoms with Crippen molar-refractivity contribution in [2.24, 2.45) is 0 Å². The first kappa shape index (κ1) is 13.5. The van der Waals surface area contributed by atoms with Gasteiger partial charge in [0.05, 0.1) is 11.3 Å². The van der Waals surface area contributed by atoms with Crippen molar-refractivity contribution < 1.29 is 14.7 Å². The SMILES string of the molecule is Cc1ccc(NC(=O)Nc2ccccn2)c(C(=O)O)c1. The van der Waals surface area contributed by atoms with Gasteiger partial charge in [0, 0.05) is 6.20 Å². The van der Waals surface area contributed by atoms with Gasteiger partial charge in [-0.25, -0.2) is 14.6 Å². The van der Waals surface area contributed by atoms with Gasteiger partial charge in [-0.2, -0.15) is 0 Å². The number of carbonyl (C=O) groups excluding carboxylic acids is 1. The Morgan fingerprint density at radius 2 is 1.95 bits per heavy atom. The molecule has 0 fully saturated rings. The number of nitrogens with one attached hydrogen (secondary N) is 2. The summed E-state index contributed by atoms with van der Waals surface area (Å²) in [5.41, 5.74) is 1.08. The molecule has 0 atom stereocenters. The second-order valence-electron chi connectivity index (χ2n) is 4.15. The van der Waals surface area contributed by atoms with Crippen LogP contribution >= 0.6 is 0 Å². The highest BCUT2D eigenvalue weighted by molar-refractivity contribution is 6.04. The number of benzene rings is 1. The Balaban J connectivity index is 2.14. The first-order valence-electron chi connectivity index (χ1n) is 5.89. The molecule has 2 aromatic rings. The second-order valence-corrected chi connectivity index (χ2v) is 4.15. The third-order valence-electron chi connectivity index (χ3n) is 2.56. The number of anilines is 2. The molecular weight excluding hydrogens is 258 g/mol. The van der Waals surface area contributed by atoms with Crippen molar-refractivity contribution in [3.63, 3.8) is 0 Å². The van der Waals surface area contributed by atoms with E-state index >= 15 is 0 Å². The average molecular weight is 271 g/mol. The number of aromatic nitrogens is 1. The average Bonchev–Trinajstić information content (AvgIpc) is 2.41. The van der Waals surface area contributed by atoms with E-state index in [2.05, 4.69) is 15.6 Å². The summed E-state index contributed by atoms with van der Waals surface area (Å²) in [6, 6.07) is 9.32. The molecule has 0 unspecified atom stereocenters. The molecule has 6 nitrogen and oxygen atoms in total. The minimum absolute atomic E-state index is 0.0428. The normalized spacial score (nSPS) is 9.85. The van der Waals surface area contributed by atoms with Crippen LogP contribution in [0.3, 0.4) is 0 Å². The highest BCUT2D eigenvalue weighted by atomic mass is 16.4. The predicted octanol–water partition coefficient (Wildman–Crippen LogP) is 2.73. The maximum absolute atomic E-state index is 11.8. The van der Waals surface area contributed by atoms with Gasteiger partial charge in [-0.15, -0.1) is 0 Å². The van der Waals surface area contributed by atoms with Crippen molar-refractivity contribution in [3.8, 4) is 0 Å². The molecule has 0 saturated heterocycles. The maximum Gasteiger partial charge on any atom is 0.337 e. The number of aromatic carboxylic acids is 1. The first-order chi connectivity index (χ1) is 9.56. The minimum atomic E-state index is -1.10. The highest BCUT2D eigenvalue weighted by Gasteiger charge is 2.12. The number of pyridine rings is 1. The molecule has 1 heterocycles. The van der Waals surface area contributed by atoms with E-state index in [1.165, 1.54) is 6.07 Å². The molecule has 2 rings (SSSR count). The number of carbonyl (C=O) groups is 2. The van der Waals surface area contributed by atoms with Crippen LogP contribution in [-0.2, 0) is 0 Å². The monoisotopic (exact) mass is 271 g/mol. The summed E-state index contributed by atoms with van der Waals surface area (Å²) in [5, 5.41) is 14.1. The summed E-state index contributed by atoms with van der Waals surface area (Å²) in [6.45, 7) is 1.78. The Bertz CT molecular complexity index is 641. The molecule has 2 amide bonds. The van der Waals surface area contributed by atoms with Crippen molar-refractivity contribution in [2.45, 2.75) is 6.92 Å². The van der Waals surface area contributed by atoms with E-state index in [0.29, 0.717) is 5.82 Å². The number of nitrogens with zero attached hydrogens (tertiary/aromatic N) is 1. The summed E-state index contributed by atoms with van der Waals surface area (Å²) in [4.78, 5) is 26.9. The standard InChI is InChI=1S/C14H13N3O3/c1-9-5-6-11(10(8-9)13(18)19)16-14(20)17-12-4-2-3-7-15-12/h2-8H,1H3,(H,18,19)(H2,15,16,17,20). The van der Waals surface area contributed by atoms with E-state index in [4.69, 9.17) is 5.11 Å². The van der Waals surface area contributed by atoms with Crippen LogP contribution in [0.25, 0.3) is 0 Å². The Hall–Kier alpha value is -2.89. The third-order valence-corrected chi connectivity index (χ3v) is 2.56. The zero-order chi connectivity index (χ0) is 14.5. The Morgan fingerprint density at radius 3 is 2.60 bits per heavy atom. The lowest BCUT2D eigenvalue weighted by molar-refractivity contribution is 0.0698. The number of carboxylic acid groups (broad SMARTS) is 1. The highest BCUT2D eigenvalue weighted by Crippen LogP contribution is 2.17. The molecule has 0 radical (unpaired) electrons. The van der Waals surface area contributed by atoms with E-state index in [9.17, 15) is 9.59 Å². The largest absolute Gasteiger partial charge is 0.478 e. The van der Waals surface area contributed by atoms with Gasteiger partial charge < -0.3 is 10.4 Å². The van der Waals surface area contributed by atoms with Crippen molar-refractivity contribution in [1.29, 1.82) is 0 Å². The summed E-state index contributed by atoms with van der Waals surface area (Å²) < 4.78 is 0. The van der Waals surface area contributed by atoms with Crippen LogP contribution in [-0.4, -0.2) is 22.1 Å². The molecule has 0 aliphatic carbocycles. The first-order valence-corrected chi connectivity index (χ1v) is 5.89. The fraction of sp³-hybridized carbons (Fsp3) is 0.0714. The van der Waals surface area contributed by atoms with Gasteiger partial charge in [0.25, 0.3) is 0 Å². The topological polar surface area (TPSA) is 91.3 Å². The Morgan fingerprint density at radius 1 is 1.15 bits per heavy atom. The number of amides is 2. The zero-order valence-electron chi connectivity index (χ0n) is 10.8.